The van der Waals surface area contributed by atoms with Crippen LogP contribution in [0.5, 0.6) is 0 Å². The number of hydrogen-bond acceptors (Lipinski definition) is 5. The van der Waals surface area contributed by atoms with Crippen molar-refractivity contribution in [2.45, 2.75) is 52.0 Å². The van der Waals surface area contributed by atoms with E-state index in [4.69, 9.17) is 0 Å². The summed E-state index contributed by atoms with van der Waals surface area (Å²) in [5.41, 5.74) is 1.12. The van der Waals surface area contributed by atoms with E-state index in [0.717, 1.165) is 43.1 Å². The van der Waals surface area contributed by atoms with Gasteiger partial charge >= 0.3 is 0 Å². The summed E-state index contributed by atoms with van der Waals surface area (Å²) in [5.74, 6) is 0.399. The first-order chi connectivity index (χ1) is 12.0. The maximum absolute atomic E-state index is 12.6. The van der Waals surface area contributed by atoms with E-state index in [9.17, 15) is 4.79 Å². The van der Waals surface area contributed by atoms with Gasteiger partial charge in [-0.25, -0.2) is 4.98 Å². The molecule has 2 aliphatic heterocycles. The second-order valence-corrected chi connectivity index (χ2v) is 8.95. The molecular formula is C19H32N4OS. The van der Waals surface area contributed by atoms with Gasteiger partial charge in [-0.1, -0.05) is 0 Å². The van der Waals surface area contributed by atoms with Gasteiger partial charge in [0, 0.05) is 30.4 Å². The SMILES string of the molecule is Cc1nc(CCNC(=O)C2CCCN(C3CCN(C)CC3)C2)sc1C. The molecule has 5 nitrogen and oxygen atoms in total. The highest BCUT2D eigenvalue weighted by Gasteiger charge is 2.30. The molecule has 3 heterocycles. The van der Waals surface area contributed by atoms with Crippen LogP contribution in [0.1, 0.15) is 41.3 Å². The summed E-state index contributed by atoms with van der Waals surface area (Å²) in [5, 5.41) is 4.28. The van der Waals surface area contributed by atoms with Crippen LogP contribution in [0, 0.1) is 19.8 Å². The van der Waals surface area contributed by atoms with Crippen molar-refractivity contribution < 1.29 is 4.79 Å². The Kier molecular flexibility index (Phi) is 6.47. The predicted molar refractivity (Wildman–Crippen MR) is 103 cm³/mol. The third-order valence-corrected chi connectivity index (χ3v) is 6.87. The minimum Gasteiger partial charge on any atom is -0.355 e. The summed E-state index contributed by atoms with van der Waals surface area (Å²) in [4.78, 5) is 23.4. The summed E-state index contributed by atoms with van der Waals surface area (Å²) in [7, 11) is 2.20. The zero-order valence-electron chi connectivity index (χ0n) is 15.9. The fourth-order valence-corrected chi connectivity index (χ4v) is 4.93. The first-order valence-electron chi connectivity index (χ1n) is 9.66. The smallest absolute Gasteiger partial charge is 0.224 e. The molecule has 6 heteroatoms. The minimum atomic E-state index is 0.160. The lowest BCUT2D eigenvalue weighted by Crippen LogP contribution is -2.50. The van der Waals surface area contributed by atoms with Crippen molar-refractivity contribution in [1.29, 1.82) is 0 Å². The Balaban J connectivity index is 1.43. The number of nitrogens with one attached hydrogen (secondary N) is 1. The number of amides is 1. The number of aromatic nitrogens is 1. The second kappa shape index (κ2) is 8.60. The first kappa shape index (κ1) is 18.8. The van der Waals surface area contributed by atoms with Gasteiger partial charge in [0.25, 0.3) is 0 Å². The number of carbonyl (C=O) groups is 1. The summed E-state index contributed by atoms with van der Waals surface area (Å²) in [6.45, 7) is 9.33. The Hall–Kier alpha value is -0.980. The quantitative estimate of drug-likeness (QED) is 0.870. The lowest BCUT2D eigenvalue weighted by atomic mass is 9.93. The molecule has 1 N–H and O–H groups in total. The van der Waals surface area contributed by atoms with Gasteiger partial charge in [0.15, 0.2) is 0 Å². The standard InChI is InChI=1S/C19H32N4OS/c1-14-15(2)25-18(21-14)6-9-20-19(24)16-5-4-10-23(13-16)17-7-11-22(3)12-8-17/h16-17H,4-13H2,1-3H3,(H,20,24). The lowest BCUT2D eigenvalue weighted by molar-refractivity contribution is -0.127. The number of hydrogen-bond donors (Lipinski definition) is 1. The zero-order chi connectivity index (χ0) is 17.8. The molecule has 0 bridgehead atoms. The average Bonchev–Trinajstić information content (AvgIpc) is 2.93. The van der Waals surface area contributed by atoms with Crippen molar-refractivity contribution >= 4 is 17.2 Å². The van der Waals surface area contributed by atoms with Crippen LogP contribution in [0.25, 0.3) is 0 Å². The van der Waals surface area contributed by atoms with Crippen LogP contribution in [0.15, 0.2) is 0 Å². The van der Waals surface area contributed by atoms with Crippen LogP contribution in [0.4, 0.5) is 0 Å². The number of piperidine rings is 2. The van der Waals surface area contributed by atoms with E-state index < -0.39 is 0 Å². The fraction of sp³-hybridized carbons (Fsp3) is 0.789. The van der Waals surface area contributed by atoms with E-state index in [1.807, 2.05) is 6.92 Å². The fourth-order valence-electron chi connectivity index (χ4n) is 4.00. The Labute approximate surface area is 155 Å². The van der Waals surface area contributed by atoms with E-state index in [0.29, 0.717) is 12.6 Å². The first-order valence-corrected chi connectivity index (χ1v) is 10.5. The predicted octanol–water partition coefficient (Wildman–Crippen LogP) is 2.22. The van der Waals surface area contributed by atoms with E-state index in [2.05, 4.69) is 34.1 Å². The minimum absolute atomic E-state index is 0.160. The number of thiazole rings is 1. The number of carbonyl (C=O) groups excluding carboxylic acids is 1. The Morgan fingerprint density at radius 2 is 2.00 bits per heavy atom. The molecule has 0 aromatic carbocycles. The summed E-state index contributed by atoms with van der Waals surface area (Å²) in [6, 6.07) is 0.674. The molecule has 1 unspecified atom stereocenters. The maximum atomic E-state index is 12.6. The highest BCUT2D eigenvalue weighted by atomic mass is 32.1. The van der Waals surface area contributed by atoms with E-state index in [1.165, 1.54) is 30.8 Å². The molecule has 25 heavy (non-hydrogen) atoms. The molecule has 1 aromatic heterocycles. The van der Waals surface area contributed by atoms with Crippen molar-refractivity contribution in [2.75, 3.05) is 39.8 Å². The Morgan fingerprint density at radius 1 is 1.24 bits per heavy atom. The third-order valence-electron chi connectivity index (χ3n) is 5.74. The van der Waals surface area contributed by atoms with Gasteiger partial charge in [0.1, 0.15) is 0 Å². The highest BCUT2D eigenvalue weighted by Crippen LogP contribution is 2.23. The van der Waals surface area contributed by atoms with Crippen LogP contribution in [-0.2, 0) is 11.2 Å². The molecule has 1 aromatic rings. The Morgan fingerprint density at radius 3 is 2.68 bits per heavy atom. The van der Waals surface area contributed by atoms with Crippen molar-refractivity contribution in [2.24, 2.45) is 5.92 Å². The average molecular weight is 365 g/mol. The molecule has 1 amide bonds. The maximum Gasteiger partial charge on any atom is 0.224 e. The third kappa shape index (κ3) is 5.02. The lowest BCUT2D eigenvalue weighted by Gasteiger charge is -2.41. The van der Waals surface area contributed by atoms with Gasteiger partial charge in [0.05, 0.1) is 16.6 Å². The molecule has 0 spiro atoms. The van der Waals surface area contributed by atoms with Crippen molar-refractivity contribution in [3.63, 3.8) is 0 Å². The van der Waals surface area contributed by atoms with Gasteiger partial charge in [-0.15, -0.1) is 11.3 Å². The largest absolute Gasteiger partial charge is 0.355 e. The molecule has 0 saturated carbocycles. The van der Waals surface area contributed by atoms with E-state index in [-0.39, 0.29) is 11.8 Å². The molecule has 2 fully saturated rings. The molecule has 3 rings (SSSR count). The molecule has 2 saturated heterocycles. The molecular weight excluding hydrogens is 332 g/mol. The van der Waals surface area contributed by atoms with Crippen LogP contribution in [0.2, 0.25) is 0 Å². The number of nitrogens with zero attached hydrogens (tertiary/aromatic N) is 3. The van der Waals surface area contributed by atoms with Gasteiger partial charge in [-0.3, -0.25) is 9.69 Å². The molecule has 1 atom stereocenters. The summed E-state index contributed by atoms with van der Waals surface area (Å²) < 4.78 is 0. The summed E-state index contributed by atoms with van der Waals surface area (Å²) >= 11 is 1.75. The van der Waals surface area contributed by atoms with Gasteiger partial charge in [-0.2, -0.15) is 0 Å². The monoisotopic (exact) mass is 364 g/mol. The summed E-state index contributed by atoms with van der Waals surface area (Å²) in [6.07, 6.45) is 5.51. The molecule has 0 radical (unpaired) electrons. The van der Waals surface area contributed by atoms with Crippen LogP contribution >= 0.6 is 11.3 Å². The van der Waals surface area contributed by atoms with Crippen LogP contribution in [0.3, 0.4) is 0 Å². The van der Waals surface area contributed by atoms with Crippen molar-refractivity contribution in [3.8, 4) is 0 Å². The van der Waals surface area contributed by atoms with Gasteiger partial charge in [0.2, 0.25) is 5.91 Å². The van der Waals surface area contributed by atoms with Gasteiger partial charge in [-0.05, 0) is 66.2 Å². The van der Waals surface area contributed by atoms with E-state index in [1.54, 1.807) is 11.3 Å². The molecule has 140 valence electrons. The molecule has 0 aliphatic carbocycles. The second-order valence-electron chi connectivity index (χ2n) is 7.66. The van der Waals surface area contributed by atoms with E-state index >= 15 is 0 Å². The number of rotatable bonds is 5. The molecule has 2 aliphatic rings. The zero-order valence-corrected chi connectivity index (χ0v) is 16.7. The van der Waals surface area contributed by atoms with Crippen LogP contribution in [-0.4, -0.2) is 66.5 Å². The van der Waals surface area contributed by atoms with Gasteiger partial charge < -0.3 is 10.2 Å². The normalized spacial score (nSPS) is 23.7. The van der Waals surface area contributed by atoms with Crippen LogP contribution < -0.4 is 5.32 Å². The topological polar surface area (TPSA) is 48.5 Å². The van der Waals surface area contributed by atoms with Crippen molar-refractivity contribution in [1.82, 2.24) is 20.1 Å². The van der Waals surface area contributed by atoms with Crippen molar-refractivity contribution in [3.05, 3.63) is 15.6 Å². The number of likely N-dealkylation sites (tertiary alicyclic amines) is 2. The Bertz CT molecular complexity index is 560. The highest BCUT2D eigenvalue weighted by molar-refractivity contribution is 7.11. The number of aryl methyl sites for hydroxylation is 2.